The van der Waals surface area contributed by atoms with E-state index in [2.05, 4.69) is 30.8 Å². The summed E-state index contributed by atoms with van der Waals surface area (Å²) in [6, 6.07) is 8.22. The van der Waals surface area contributed by atoms with E-state index in [4.69, 9.17) is 4.74 Å². The molecule has 1 unspecified atom stereocenters. The van der Waals surface area contributed by atoms with Crippen LogP contribution in [0.4, 0.5) is 5.82 Å². The zero-order chi connectivity index (χ0) is 17.6. The van der Waals surface area contributed by atoms with Crippen molar-refractivity contribution < 1.29 is 9.84 Å². The van der Waals surface area contributed by atoms with Crippen molar-refractivity contribution in [2.75, 3.05) is 38.3 Å². The zero-order valence-corrected chi connectivity index (χ0v) is 14.8. The minimum Gasteiger partial charge on any atom is -0.481 e. The van der Waals surface area contributed by atoms with Gasteiger partial charge in [0.2, 0.25) is 5.88 Å². The number of nitrogens with zero attached hydrogens (tertiary/aromatic N) is 5. The highest BCUT2D eigenvalue weighted by molar-refractivity contribution is 5.41. The van der Waals surface area contributed by atoms with Crippen LogP contribution in [0.5, 0.6) is 5.88 Å². The number of ether oxygens (including phenoxy) is 1. The third kappa shape index (κ3) is 4.43. The molecule has 0 saturated carbocycles. The van der Waals surface area contributed by atoms with Crippen LogP contribution >= 0.6 is 0 Å². The van der Waals surface area contributed by atoms with Crippen LogP contribution in [0.2, 0.25) is 0 Å². The Balaban J connectivity index is 1.71. The molecule has 1 atom stereocenters. The molecule has 3 heterocycles. The number of aryl methyl sites for hydroxylation is 1. The van der Waals surface area contributed by atoms with Gasteiger partial charge >= 0.3 is 0 Å². The van der Waals surface area contributed by atoms with Crippen LogP contribution in [0.1, 0.15) is 17.8 Å². The first-order valence-corrected chi connectivity index (χ1v) is 8.58. The van der Waals surface area contributed by atoms with Crippen LogP contribution in [-0.2, 0) is 6.54 Å². The zero-order valence-electron chi connectivity index (χ0n) is 14.8. The van der Waals surface area contributed by atoms with Crippen molar-refractivity contribution in [2.24, 2.45) is 0 Å². The summed E-state index contributed by atoms with van der Waals surface area (Å²) in [6.45, 7) is 5.55. The molecule has 0 aliphatic carbocycles. The lowest BCUT2D eigenvalue weighted by atomic mass is 10.1. The molecular formula is C18H25N5O2. The third-order valence-electron chi connectivity index (χ3n) is 4.54. The lowest BCUT2D eigenvalue weighted by Crippen LogP contribution is -2.53. The first-order valence-electron chi connectivity index (χ1n) is 8.58. The van der Waals surface area contributed by atoms with Gasteiger partial charge in [-0.05, 0) is 25.5 Å². The molecule has 25 heavy (non-hydrogen) atoms. The Morgan fingerprint density at radius 2 is 2.16 bits per heavy atom. The van der Waals surface area contributed by atoms with E-state index in [1.54, 1.807) is 7.11 Å². The first kappa shape index (κ1) is 17.6. The van der Waals surface area contributed by atoms with Crippen molar-refractivity contribution in [3.63, 3.8) is 0 Å². The van der Waals surface area contributed by atoms with Crippen LogP contribution in [0, 0.1) is 6.92 Å². The lowest BCUT2D eigenvalue weighted by Gasteiger charge is -2.41. The van der Waals surface area contributed by atoms with Gasteiger partial charge in [0.25, 0.3) is 0 Å². The minimum absolute atomic E-state index is 0.170. The van der Waals surface area contributed by atoms with Gasteiger partial charge < -0.3 is 14.7 Å². The molecule has 7 nitrogen and oxygen atoms in total. The first-order chi connectivity index (χ1) is 12.2. The van der Waals surface area contributed by atoms with E-state index in [1.807, 2.05) is 25.1 Å². The summed E-state index contributed by atoms with van der Waals surface area (Å²) in [6.07, 6.45) is 2.25. The number of pyridine rings is 1. The second kappa shape index (κ2) is 8.22. The Morgan fingerprint density at radius 1 is 1.28 bits per heavy atom. The summed E-state index contributed by atoms with van der Waals surface area (Å²) in [7, 11) is 1.60. The molecule has 0 amide bonds. The van der Waals surface area contributed by atoms with E-state index in [0.717, 1.165) is 49.8 Å². The summed E-state index contributed by atoms with van der Waals surface area (Å²) in [5, 5.41) is 9.48. The Bertz CT molecular complexity index is 697. The lowest BCUT2D eigenvalue weighted by molar-refractivity contribution is 0.133. The third-order valence-corrected chi connectivity index (χ3v) is 4.54. The normalized spacial score (nSPS) is 18.4. The molecule has 0 spiro atoms. The smallest absolute Gasteiger partial charge is 0.218 e. The van der Waals surface area contributed by atoms with Crippen molar-refractivity contribution in [2.45, 2.75) is 25.9 Å². The minimum atomic E-state index is 0.170. The molecule has 1 saturated heterocycles. The Kier molecular flexibility index (Phi) is 5.78. The van der Waals surface area contributed by atoms with Crippen LogP contribution < -0.4 is 9.64 Å². The van der Waals surface area contributed by atoms with E-state index in [0.29, 0.717) is 5.88 Å². The number of hydrogen-bond donors (Lipinski definition) is 1. The molecule has 7 heteroatoms. The number of aliphatic hydroxyl groups is 1. The number of methoxy groups -OCH3 is 1. The van der Waals surface area contributed by atoms with Gasteiger partial charge in [0, 0.05) is 50.6 Å². The molecule has 1 aliphatic rings. The number of hydrogen-bond acceptors (Lipinski definition) is 7. The van der Waals surface area contributed by atoms with Crippen molar-refractivity contribution in [3.8, 4) is 5.88 Å². The SMILES string of the molecule is COc1cc(N2CCN(Cc3cccc(C)n3)C(CCO)C2)ncn1. The average Bonchev–Trinajstić information content (AvgIpc) is 2.63. The van der Waals surface area contributed by atoms with Gasteiger partial charge in [-0.2, -0.15) is 0 Å². The molecule has 1 N–H and O–H groups in total. The van der Waals surface area contributed by atoms with E-state index in [1.165, 1.54) is 6.33 Å². The molecule has 0 bridgehead atoms. The fourth-order valence-electron chi connectivity index (χ4n) is 3.24. The molecule has 1 aliphatic heterocycles. The number of aliphatic hydroxyl groups excluding tert-OH is 1. The summed E-state index contributed by atoms with van der Waals surface area (Å²) in [5.74, 6) is 1.43. The fraction of sp³-hybridized carbons (Fsp3) is 0.500. The molecule has 0 radical (unpaired) electrons. The van der Waals surface area contributed by atoms with Crippen molar-refractivity contribution >= 4 is 5.82 Å². The molecule has 2 aromatic rings. The standard InChI is InChI=1S/C18H25N5O2/c1-14-4-3-5-15(21-14)11-22-7-8-23(12-16(22)6-9-24)17-10-18(25-2)20-13-19-17/h3-5,10,13,16,24H,6-9,11-12H2,1-2H3. The highest BCUT2D eigenvalue weighted by Gasteiger charge is 2.28. The molecule has 134 valence electrons. The van der Waals surface area contributed by atoms with E-state index in [9.17, 15) is 5.11 Å². The second-order valence-electron chi connectivity index (χ2n) is 6.27. The van der Waals surface area contributed by atoms with E-state index in [-0.39, 0.29) is 12.6 Å². The van der Waals surface area contributed by atoms with Gasteiger partial charge in [-0.3, -0.25) is 9.88 Å². The van der Waals surface area contributed by atoms with E-state index >= 15 is 0 Å². The van der Waals surface area contributed by atoms with Gasteiger partial charge in [0.1, 0.15) is 12.1 Å². The topological polar surface area (TPSA) is 74.6 Å². The quantitative estimate of drug-likeness (QED) is 0.846. The van der Waals surface area contributed by atoms with Gasteiger partial charge in [0.05, 0.1) is 12.8 Å². The molecule has 0 aromatic carbocycles. The molecule has 1 fully saturated rings. The maximum atomic E-state index is 9.48. The Labute approximate surface area is 148 Å². The summed E-state index contributed by atoms with van der Waals surface area (Å²) >= 11 is 0. The summed E-state index contributed by atoms with van der Waals surface area (Å²) in [4.78, 5) is 17.7. The van der Waals surface area contributed by atoms with E-state index < -0.39 is 0 Å². The summed E-state index contributed by atoms with van der Waals surface area (Å²) in [5.41, 5.74) is 2.10. The fourth-order valence-corrected chi connectivity index (χ4v) is 3.24. The van der Waals surface area contributed by atoms with Gasteiger partial charge in [-0.25, -0.2) is 9.97 Å². The number of aromatic nitrogens is 3. The Hall–Kier alpha value is -2.25. The summed E-state index contributed by atoms with van der Waals surface area (Å²) < 4.78 is 5.19. The second-order valence-corrected chi connectivity index (χ2v) is 6.27. The van der Waals surface area contributed by atoms with Crippen LogP contribution in [0.3, 0.4) is 0 Å². The highest BCUT2D eigenvalue weighted by atomic mass is 16.5. The highest BCUT2D eigenvalue weighted by Crippen LogP contribution is 2.22. The molecule has 2 aromatic heterocycles. The largest absolute Gasteiger partial charge is 0.481 e. The number of piperazine rings is 1. The maximum absolute atomic E-state index is 9.48. The van der Waals surface area contributed by atoms with Crippen molar-refractivity contribution in [3.05, 3.63) is 42.0 Å². The van der Waals surface area contributed by atoms with Crippen molar-refractivity contribution in [1.82, 2.24) is 19.9 Å². The number of anilines is 1. The monoisotopic (exact) mass is 343 g/mol. The van der Waals surface area contributed by atoms with Crippen LogP contribution in [0.15, 0.2) is 30.6 Å². The Morgan fingerprint density at radius 3 is 2.92 bits per heavy atom. The van der Waals surface area contributed by atoms with Gasteiger partial charge in [0.15, 0.2) is 0 Å². The molecular weight excluding hydrogens is 318 g/mol. The predicted molar refractivity (Wildman–Crippen MR) is 95.7 cm³/mol. The van der Waals surface area contributed by atoms with Gasteiger partial charge in [-0.1, -0.05) is 6.07 Å². The average molecular weight is 343 g/mol. The van der Waals surface area contributed by atoms with Crippen LogP contribution in [-0.4, -0.2) is 64.4 Å². The predicted octanol–water partition coefficient (Wildman–Crippen LogP) is 1.26. The molecule has 3 rings (SSSR count). The van der Waals surface area contributed by atoms with Gasteiger partial charge in [-0.15, -0.1) is 0 Å². The maximum Gasteiger partial charge on any atom is 0.218 e. The van der Waals surface area contributed by atoms with Crippen molar-refractivity contribution in [1.29, 1.82) is 0 Å². The number of rotatable bonds is 6. The van der Waals surface area contributed by atoms with Crippen LogP contribution in [0.25, 0.3) is 0 Å².